The van der Waals surface area contributed by atoms with Crippen LogP contribution < -0.4 is 0 Å². The van der Waals surface area contributed by atoms with Crippen molar-refractivity contribution in [3.8, 4) is 0 Å². The van der Waals surface area contributed by atoms with Gasteiger partial charge < -0.3 is 0 Å². The van der Waals surface area contributed by atoms with Gasteiger partial charge in [0.05, 0.1) is 28.3 Å². The summed E-state index contributed by atoms with van der Waals surface area (Å²) in [6.45, 7) is 0. The molecule has 0 aliphatic rings. The fraction of sp³-hybridized carbons (Fsp3) is 0. The Morgan fingerprint density at radius 2 is 1.57 bits per heavy atom. The smallest absolute Gasteiger partial charge is 0.119 e. The molecule has 5 rings (SSSR count). The van der Waals surface area contributed by atoms with Gasteiger partial charge in [0.1, 0.15) is 16.6 Å². The van der Waals surface area contributed by atoms with E-state index in [1.165, 1.54) is 23.5 Å². The largest absolute Gasteiger partial charge is 0.293 e. The van der Waals surface area contributed by atoms with E-state index >= 15 is 0 Å². The summed E-state index contributed by atoms with van der Waals surface area (Å²) in [7, 11) is 0. The van der Waals surface area contributed by atoms with Crippen molar-refractivity contribution in [1.82, 2.24) is 22.5 Å². The van der Waals surface area contributed by atoms with E-state index in [2.05, 4.69) is 49.4 Å². The summed E-state index contributed by atoms with van der Waals surface area (Å²) in [6, 6.07) is 4.00. The first-order chi connectivity index (χ1) is 10.2. The van der Waals surface area contributed by atoms with Crippen LogP contribution in [-0.2, 0) is 0 Å². The molecule has 0 saturated heterocycles. The van der Waals surface area contributed by atoms with E-state index in [1.807, 2.05) is 12.1 Å². The van der Waals surface area contributed by atoms with Crippen LogP contribution in [0.5, 0.6) is 0 Å². The maximum Gasteiger partial charge on any atom is 0.119 e. The minimum Gasteiger partial charge on any atom is -0.293 e. The Labute approximate surface area is 142 Å². The number of aromatic amines is 1. The summed E-state index contributed by atoms with van der Waals surface area (Å²) < 4.78 is 18.4. The van der Waals surface area contributed by atoms with E-state index in [0.29, 0.717) is 0 Å². The van der Waals surface area contributed by atoms with Crippen LogP contribution in [0.2, 0.25) is 0 Å². The average Bonchev–Trinajstić information content (AvgIpc) is 3.14. The molecule has 2 aromatic carbocycles. The predicted molar refractivity (Wildman–Crippen MR) is 93.2 cm³/mol. The molecule has 21 heavy (non-hydrogen) atoms. The summed E-state index contributed by atoms with van der Waals surface area (Å²) in [4.78, 5) is 4.73. The van der Waals surface area contributed by atoms with Crippen molar-refractivity contribution in [3.63, 3.8) is 0 Å². The molecular weight excluding hydrogens is 438 g/mol. The van der Waals surface area contributed by atoms with E-state index in [9.17, 15) is 0 Å². The molecule has 0 unspecified atom stereocenters. The van der Waals surface area contributed by atoms with E-state index in [1.54, 1.807) is 0 Å². The predicted octanol–water partition coefficient (Wildman–Crippen LogP) is 4.86. The molecule has 5 aromatic rings. The standard InChI is InChI=1S/C12H3Br2N5S2/c13-3-1-5-7(11-9(3)16-20-18-11)8-6(15-5)2-4(14)10-12(8)19-21-17-10/h1-2,18H. The number of fused-ring (bicyclic) bond motifs is 7. The van der Waals surface area contributed by atoms with Crippen molar-refractivity contribution < 1.29 is 0 Å². The van der Waals surface area contributed by atoms with E-state index < -0.39 is 0 Å². The first kappa shape index (κ1) is 12.4. The summed E-state index contributed by atoms with van der Waals surface area (Å²) in [5, 5.41) is 2.09. The highest BCUT2D eigenvalue weighted by Crippen LogP contribution is 2.39. The molecule has 0 aliphatic carbocycles. The van der Waals surface area contributed by atoms with Crippen LogP contribution in [0, 0.1) is 0 Å². The Bertz CT molecular complexity index is 1080. The lowest BCUT2D eigenvalue weighted by Gasteiger charge is -1.97. The SMILES string of the molecule is Brc1cc2nc3cc(Br)c4ns[nH]c4c3c2c2nsnc12. The molecule has 0 fully saturated rings. The minimum absolute atomic E-state index is 0.876. The number of aromatic nitrogens is 5. The van der Waals surface area contributed by atoms with Gasteiger partial charge in [-0.15, -0.1) is 0 Å². The maximum absolute atomic E-state index is 4.73. The molecule has 3 aromatic heterocycles. The van der Waals surface area contributed by atoms with Gasteiger partial charge in [0.15, 0.2) is 0 Å². The zero-order chi connectivity index (χ0) is 14.1. The fourth-order valence-corrected chi connectivity index (χ4v) is 5.04. The van der Waals surface area contributed by atoms with Crippen LogP contribution in [-0.4, -0.2) is 22.5 Å². The molecule has 5 nitrogen and oxygen atoms in total. The van der Waals surface area contributed by atoms with Crippen LogP contribution in [0.1, 0.15) is 0 Å². The number of rotatable bonds is 0. The highest BCUT2D eigenvalue weighted by atomic mass is 79.9. The van der Waals surface area contributed by atoms with Gasteiger partial charge in [-0.3, -0.25) is 4.37 Å². The zero-order valence-electron chi connectivity index (χ0n) is 10.0. The van der Waals surface area contributed by atoms with Crippen LogP contribution in [0.25, 0.3) is 43.9 Å². The first-order valence-corrected chi connectivity index (χ1v) is 8.99. The second kappa shape index (κ2) is 4.19. The lowest BCUT2D eigenvalue weighted by atomic mass is 10.1. The highest BCUT2D eigenvalue weighted by Gasteiger charge is 2.19. The molecule has 1 N–H and O–H groups in total. The molecule has 0 aliphatic heterocycles. The number of halogens is 2. The molecular formula is C12H3Br2N5S2. The van der Waals surface area contributed by atoms with Gasteiger partial charge in [0.2, 0.25) is 0 Å². The molecule has 0 saturated carbocycles. The summed E-state index contributed by atoms with van der Waals surface area (Å²) in [5.74, 6) is 0. The highest BCUT2D eigenvalue weighted by molar-refractivity contribution is 9.11. The zero-order valence-corrected chi connectivity index (χ0v) is 14.8. The number of hydrogen-bond donors (Lipinski definition) is 1. The molecule has 3 heterocycles. The minimum atomic E-state index is 0.876. The number of nitrogens with one attached hydrogen (secondary N) is 1. The Kier molecular flexibility index (Phi) is 2.47. The van der Waals surface area contributed by atoms with Crippen LogP contribution in [0.15, 0.2) is 21.1 Å². The summed E-state index contributed by atoms with van der Waals surface area (Å²) in [6.07, 6.45) is 0. The fourth-order valence-electron chi connectivity index (χ4n) is 2.63. The molecule has 0 spiro atoms. The normalized spacial score (nSPS) is 12.3. The van der Waals surface area contributed by atoms with Gasteiger partial charge in [-0.25, -0.2) is 4.98 Å². The first-order valence-electron chi connectivity index (χ1n) is 5.90. The third-order valence-electron chi connectivity index (χ3n) is 3.48. The van der Waals surface area contributed by atoms with Gasteiger partial charge in [0.25, 0.3) is 0 Å². The van der Waals surface area contributed by atoms with E-state index in [4.69, 9.17) is 4.98 Å². The van der Waals surface area contributed by atoms with Crippen molar-refractivity contribution >= 4 is 99.2 Å². The topological polar surface area (TPSA) is 67.3 Å². The van der Waals surface area contributed by atoms with Gasteiger partial charge in [0, 0.05) is 31.4 Å². The van der Waals surface area contributed by atoms with Crippen molar-refractivity contribution in [2.24, 2.45) is 0 Å². The number of benzene rings is 2. The monoisotopic (exact) mass is 439 g/mol. The quantitative estimate of drug-likeness (QED) is 0.373. The molecule has 102 valence electrons. The Morgan fingerprint density at radius 1 is 0.857 bits per heavy atom. The number of H-pyrrole nitrogens is 1. The maximum atomic E-state index is 4.73. The summed E-state index contributed by atoms with van der Waals surface area (Å²) in [5.41, 5.74) is 5.50. The third kappa shape index (κ3) is 1.54. The lowest BCUT2D eigenvalue weighted by molar-refractivity contribution is 1.53. The van der Waals surface area contributed by atoms with Crippen molar-refractivity contribution in [3.05, 3.63) is 21.1 Å². The summed E-state index contributed by atoms with van der Waals surface area (Å²) >= 11 is 9.65. The molecule has 0 radical (unpaired) electrons. The Balaban J connectivity index is 2.20. The van der Waals surface area contributed by atoms with Gasteiger partial charge >= 0.3 is 0 Å². The van der Waals surface area contributed by atoms with Crippen molar-refractivity contribution in [2.45, 2.75) is 0 Å². The Hall–Kier alpha value is -1.16. The van der Waals surface area contributed by atoms with Gasteiger partial charge in [-0.05, 0) is 44.0 Å². The number of nitrogens with zero attached hydrogens (tertiary/aromatic N) is 4. The van der Waals surface area contributed by atoms with E-state index in [-0.39, 0.29) is 0 Å². The molecule has 0 atom stereocenters. The van der Waals surface area contributed by atoms with Crippen molar-refractivity contribution in [1.29, 1.82) is 0 Å². The van der Waals surface area contributed by atoms with Gasteiger partial charge in [-0.2, -0.15) is 13.1 Å². The van der Waals surface area contributed by atoms with Gasteiger partial charge in [-0.1, -0.05) is 0 Å². The third-order valence-corrected chi connectivity index (χ3v) is 5.79. The van der Waals surface area contributed by atoms with Crippen LogP contribution >= 0.6 is 55.3 Å². The molecule has 0 amide bonds. The van der Waals surface area contributed by atoms with E-state index in [0.717, 1.165) is 52.8 Å². The van der Waals surface area contributed by atoms with Crippen LogP contribution in [0.4, 0.5) is 0 Å². The Morgan fingerprint density at radius 3 is 2.43 bits per heavy atom. The molecule has 0 bridgehead atoms. The number of hydrogen-bond acceptors (Lipinski definition) is 6. The average molecular weight is 441 g/mol. The molecule has 9 heteroatoms. The van der Waals surface area contributed by atoms with Crippen molar-refractivity contribution in [2.75, 3.05) is 0 Å². The van der Waals surface area contributed by atoms with Crippen LogP contribution in [0.3, 0.4) is 0 Å². The lowest BCUT2D eigenvalue weighted by Crippen LogP contribution is -1.78. The second-order valence-electron chi connectivity index (χ2n) is 4.59. The second-order valence-corrected chi connectivity index (χ2v) is 7.39.